The van der Waals surface area contributed by atoms with Crippen LogP contribution in [0.3, 0.4) is 0 Å². The van der Waals surface area contributed by atoms with Crippen molar-refractivity contribution in [2.24, 2.45) is 12.8 Å². The fourth-order valence-electron chi connectivity index (χ4n) is 3.43. The summed E-state index contributed by atoms with van der Waals surface area (Å²) in [6.45, 7) is 4.08. The van der Waals surface area contributed by atoms with E-state index in [1.54, 1.807) is 29.3 Å². The number of aromatic nitrogens is 4. The first kappa shape index (κ1) is 18.7. The molecule has 29 heavy (non-hydrogen) atoms. The van der Waals surface area contributed by atoms with Crippen LogP contribution in [0.1, 0.15) is 25.2 Å². The van der Waals surface area contributed by atoms with Gasteiger partial charge in [-0.3, -0.25) is 9.48 Å². The number of fused-ring (bicyclic) bond motifs is 1. The lowest BCUT2D eigenvalue weighted by Crippen LogP contribution is -2.24. The summed E-state index contributed by atoms with van der Waals surface area (Å²) < 4.78 is 7.78. The van der Waals surface area contributed by atoms with Crippen LogP contribution in [-0.4, -0.2) is 31.3 Å². The lowest BCUT2D eigenvalue weighted by Gasteiger charge is -2.17. The Labute approximate surface area is 168 Å². The third kappa shape index (κ3) is 3.69. The number of nitrogens with one attached hydrogen (secondary N) is 1. The van der Waals surface area contributed by atoms with Gasteiger partial charge in [0.15, 0.2) is 5.82 Å². The molecule has 1 aliphatic rings. The Hall–Kier alpha value is -3.68. The molecular weight excluding hydrogens is 368 g/mol. The zero-order valence-electron chi connectivity index (χ0n) is 16.5. The molecule has 1 amide bonds. The van der Waals surface area contributed by atoms with E-state index < -0.39 is 0 Å². The highest BCUT2D eigenvalue weighted by Crippen LogP contribution is 2.41. The SMILES string of the molecule is Cn1cc(-c2cc3c(cc2NC(=O)/C(=C/N)c2ncccn2)CC(C)(C)O3)cn1. The second-order valence-corrected chi connectivity index (χ2v) is 7.55. The number of hydrogen-bond donors (Lipinski definition) is 2. The first-order valence-corrected chi connectivity index (χ1v) is 9.22. The van der Waals surface area contributed by atoms with Crippen LogP contribution < -0.4 is 15.8 Å². The fraction of sp³-hybridized carbons (Fsp3) is 0.238. The van der Waals surface area contributed by atoms with E-state index in [0.717, 1.165) is 28.9 Å². The molecule has 1 aliphatic heterocycles. The Morgan fingerprint density at radius 1 is 1.31 bits per heavy atom. The van der Waals surface area contributed by atoms with Gasteiger partial charge in [-0.05, 0) is 32.0 Å². The zero-order valence-corrected chi connectivity index (χ0v) is 16.5. The molecule has 4 rings (SSSR count). The molecule has 148 valence electrons. The number of ether oxygens (including phenoxy) is 1. The molecule has 0 fully saturated rings. The van der Waals surface area contributed by atoms with Gasteiger partial charge in [-0.2, -0.15) is 5.10 Å². The molecule has 3 heterocycles. The minimum absolute atomic E-state index is 0.194. The summed E-state index contributed by atoms with van der Waals surface area (Å²) in [4.78, 5) is 21.2. The molecule has 2 aromatic heterocycles. The summed E-state index contributed by atoms with van der Waals surface area (Å²) in [6.07, 6.45) is 8.73. The Balaban J connectivity index is 1.74. The number of benzene rings is 1. The number of nitrogens with two attached hydrogens (primary N) is 1. The highest BCUT2D eigenvalue weighted by Gasteiger charge is 2.31. The number of rotatable bonds is 4. The lowest BCUT2D eigenvalue weighted by molar-refractivity contribution is -0.111. The van der Waals surface area contributed by atoms with Gasteiger partial charge in [0, 0.05) is 60.6 Å². The van der Waals surface area contributed by atoms with Gasteiger partial charge < -0.3 is 15.8 Å². The first-order chi connectivity index (χ1) is 13.9. The third-order valence-electron chi connectivity index (χ3n) is 4.69. The van der Waals surface area contributed by atoms with Crippen molar-refractivity contribution in [3.05, 3.63) is 60.6 Å². The molecule has 1 aromatic carbocycles. The Morgan fingerprint density at radius 2 is 2.07 bits per heavy atom. The number of anilines is 1. The van der Waals surface area contributed by atoms with Crippen molar-refractivity contribution >= 4 is 17.2 Å². The molecule has 0 bridgehead atoms. The van der Waals surface area contributed by atoms with Crippen molar-refractivity contribution in [2.75, 3.05) is 5.32 Å². The van der Waals surface area contributed by atoms with Gasteiger partial charge >= 0.3 is 0 Å². The number of carbonyl (C=O) groups excluding carboxylic acids is 1. The molecule has 0 spiro atoms. The average Bonchev–Trinajstić information content (AvgIpc) is 3.23. The molecule has 0 atom stereocenters. The lowest BCUT2D eigenvalue weighted by atomic mass is 9.98. The fourth-order valence-corrected chi connectivity index (χ4v) is 3.43. The van der Waals surface area contributed by atoms with Crippen LogP contribution >= 0.6 is 0 Å². The monoisotopic (exact) mass is 390 g/mol. The first-order valence-electron chi connectivity index (χ1n) is 9.22. The second kappa shape index (κ2) is 7.05. The molecule has 3 N–H and O–H groups in total. The van der Waals surface area contributed by atoms with Crippen LogP contribution in [0, 0.1) is 0 Å². The van der Waals surface area contributed by atoms with Gasteiger partial charge in [-0.15, -0.1) is 0 Å². The van der Waals surface area contributed by atoms with Crippen LogP contribution in [-0.2, 0) is 18.3 Å². The van der Waals surface area contributed by atoms with Crippen molar-refractivity contribution in [1.82, 2.24) is 19.7 Å². The number of carbonyl (C=O) groups is 1. The van der Waals surface area contributed by atoms with E-state index >= 15 is 0 Å². The summed E-state index contributed by atoms with van der Waals surface area (Å²) in [5, 5.41) is 7.21. The van der Waals surface area contributed by atoms with Gasteiger partial charge in [0.25, 0.3) is 5.91 Å². The number of aryl methyl sites for hydroxylation is 1. The van der Waals surface area contributed by atoms with Gasteiger partial charge in [-0.25, -0.2) is 9.97 Å². The quantitative estimate of drug-likeness (QED) is 0.663. The summed E-state index contributed by atoms with van der Waals surface area (Å²) in [5.41, 5.74) is 8.97. The molecule has 3 aromatic rings. The minimum atomic E-state index is -0.387. The van der Waals surface area contributed by atoms with Crippen LogP contribution in [0.25, 0.3) is 16.7 Å². The molecular formula is C21H22N6O2. The van der Waals surface area contributed by atoms with Crippen LogP contribution in [0.2, 0.25) is 0 Å². The number of nitrogens with zero attached hydrogens (tertiary/aromatic N) is 4. The molecule has 0 radical (unpaired) electrons. The summed E-state index contributed by atoms with van der Waals surface area (Å²) in [7, 11) is 1.84. The van der Waals surface area contributed by atoms with Gasteiger partial charge in [0.05, 0.1) is 11.8 Å². The maximum absolute atomic E-state index is 13.0. The third-order valence-corrected chi connectivity index (χ3v) is 4.69. The number of amides is 1. The summed E-state index contributed by atoms with van der Waals surface area (Å²) in [5.74, 6) is 0.691. The van der Waals surface area contributed by atoms with Crippen LogP contribution in [0.15, 0.2) is 49.2 Å². The predicted octanol–water partition coefficient (Wildman–Crippen LogP) is 2.53. The number of hydrogen-bond acceptors (Lipinski definition) is 6. The summed E-state index contributed by atoms with van der Waals surface area (Å²) >= 11 is 0. The molecule has 8 heteroatoms. The smallest absolute Gasteiger partial charge is 0.260 e. The van der Waals surface area contributed by atoms with Gasteiger partial charge in [0.2, 0.25) is 0 Å². The zero-order chi connectivity index (χ0) is 20.6. The van der Waals surface area contributed by atoms with Crippen LogP contribution in [0.5, 0.6) is 5.75 Å². The highest BCUT2D eigenvalue weighted by atomic mass is 16.5. The molecule has 8 nitrogen and oxygen atoms in total. The standard InChI is InChI=1S/C21H22N6O2/c1-21(2)9-13-7-17(15(8-18(13)29-21)14-11-25-27(3)12-14)26-20(28)16(10-22)19-23-5-4-6-24-19/h4-8,10-12H,9,22H2,1-3H3,(H,26,28)/b16-10+. The van der Waals surface area contributed by atoms with E-state index in [9.17, 15) is 4.79 Å². The molecule has 0 aliphatic carbocycles. The Morgan fingerprint density at radius 3 is 2.72 bits per heavy atom. The Bertz CT molecular complexity index is 1100. The van der Waals surface area contributed by atoms with E-state index in [4.69, 9.17) is 10.5 Å². The van der Waals surface area contributed by atoms with Gasteiger partial charge in [-0.1, -0.05) is 0 Å². The molecule has 0 saturated heterocycles. The van der Waals surface area contributed by atoms with E-state index in [1.807, 2.05) is 39.2 Å². The van der Waals surface area contributed by atoms with Crippen molar-refractivity contribution in [2.45, 2.75) is 25.9 Å². The average molecular weight is 390 g/mol. The van der Waals surface area contributed by atoms with E-state index in [1.165, 1.54) is 6.20 Å². The predicted molar refractivity (Wildman–Crippen MR) is 110 cm³/mol. The Kier molecular flexibility index (Phi) is 4.54. The topological polar surface area (TPSA) is 108 Å². The largest absolute Gasteiger partial charge is 0.487 e. The van der Waals surface area contributed by atoms with Crippen molar-refractivity contribution in [3.63, 3.8) is 0 Å². The molecule has 0 unspecified atom stereocenters. The normalized spacial score (nSPS) is 14.9. The highest BCUT2D eigenvalue weighted by molar-refractivity contribution is 6.24. The van der Waals surface area contributed by atoms with Gasteiger partial charge in [0.1, 0.15) is 11.4 Å². The van der Waals surface area contributed by atoms with Crippen LogP contribution in [0.4, 0.5) is 5.69 Å². The van der Waals surface area contributed by atoms with Crippen molar-refractivity contribution < 1.29 is 9.53 Å². The van der Waals surface area contributed by atoms with E-state index in [0.29, 0.717) is 5.69 Å². The van der Waals surface area contributed by atoms with E-state index in [-0.39, 0.29) is 22.9 Å². The summed E-state index contributed by atoms with van der Waals surface area (Å²) in [6, 6.07) is 5.57. The maximum Gasteiger partial charge on any atom is 0.260 e. The second-order valence-electron chi connectivity index (χ2n) is 7.55. The minimum Gasteiger partial charge on any atom is -0.487 e. The van der Waals surface area contributed by atoms with Crippen molar-refractivity contribution in [1.29, 1.82) is 0 Å². The molecule has 0 saturated carbocycles. The maximum atomic E-state index is 13.0. The van der Waals surface area contributed by atoms with E-state index in [2.05, 4.69) is 20.4 Å². The van der Waals surface area contributed by atoms with Crippen molar-refractivity contribution in [3.8, 4) is 16.9 Å².